The highest BCUT2D eigenvalue weighted by Gasteiger charge is 2.22. The summed E-state index contributed by atoms with van der Waals surface area (Å²) in [6.45, 7) is 3.86. The van der Waals surface area contributed by atoms with Crippen molar-refractivity contribution in [3.63, 3.8) is 0 Å². The number of rotatable bonds is 4. The van der Waals surface area contributed by atoms with Crippen LogP contribution in [0, 0.1) is 11.3 Å². The second-order valence-corrected chi connectivity index (χ2v) is 5.74. The summed E-state index contributed by atoms with van der Waals surface area (Å²) in [5.74, 6) is 1.60. The molecule has 0 atom stereocenters. The molecule has 0 amide bonds. The predicted molar refractivity (Wildman–Crippen MR) is 92.0 cm³/mol. The number of hydrogen-bond acceptors (Lipinski definition) is 8. The molecule has 4 heterocycles. The third-order valence-electron chi connectivity index (χ3n) is 4.26. The van der Waals surface area contributed by atoms with Crippen molar-refractivity contribution in [2.24, 2.45) is 0 Å². The minimum atomic E-state index is 0.431. The topological polar surface area (TPSA) is 99.7 Å². The summed E-state index contributed by atoms with van der Waals surface area (Å²) in [5.41, 5.74) is 1.55. The average molecular weight is 335 g/mol. The average Bonchev–Trinajstić information content (AvgIpc) is 3.10. The van der Waals surface area contributed by atoms with E-state index in [2.05, 4.69) is 40.8 Å². The van der Waals surface area contributed by atoms with Crippen LogP contribution in [0.1, 0.15) is 6.42 Å². The first-order chi connectivity index (χ1) is 12.4. The van der Waals surface area contributed by atoms with Gasteiger partial charge in [-0.2, -0.15) is 5.26 Å². The third kappa shape index (κ3) is 2.94. The first-order valence-electron chi connectivity index (χ1n) is 8.16. The number of fused-ring (bicyclic) bond motifs is 1. The van der Waals surface area contributed by atoms with Crippen molar-refractivity contribution >= 4 is 22.9 Å². The Balaban J connectivity index is 1.53. The van der Waals surface area contributed by atoms with Gasteiger partial charge in [-0.1, -0.05) is 0 Å². The lowest BCUT2D eigenvalue weighted by atomic mass is 10.3. The molecule has 3 aromatic heterocycles. The van der Waals surface area contributed by atoms with Gasteiger partial charge < -0.3 is 14.4 Å². The van der Waals surface area contributed by atoms with Gasteiger partial charge in [-0.3, -0.25) is 0 Å². The van der Waals surface area contributed by atoms with Gasteiger partial charge in [0, 0.05) is 45.1 Å². The molecule has 1 aliphatic rings. The first-order valence-corrected chi connectivity index (χ1v) is 8.16. The van der Waals surface area contributed by atoms with E-state index >= 15 is 0 Å². The normalized spacial score (nSPS) is 14.7. The second-order valence-electron chi connectivity index (χ2n) is 5.74. The van der Waals surface area contributed by atoms with Crippen molar-refractivity contribution in [3.05, 3.63) is 31.1 Å². The maximum Gasteiger partial charge on any atom is 0.225 e. The summed E-state index contributed by atoms with van der Waals surface area (Å²) in [6.07, 6.45) is 7.25. The Labute approximate surface area is 144 Å². The van der Waals surface area contributed by atoms with E-state index in [-0.39, 0.29) is 0 Å². The van der Waals surface area contributed by atoms with Crippen LogP contribution < -0.4 is 9.80 Å². The van der Waals surface area contributed by atoms with E-state index in [1.54, 1.807) is 25.0 Å². The molecule has 1 fully saturated rings. The molecule has 25 heavy (non-hydrogen) atoms. The van der Waals surface area contributed by atoms with E-state index in [4.69, 9.17) is 5.26 Å². The lowest BCUT2D eigenvalue weighted by Crippen LogP contribution is -2.47. The number of piperazine rings is 1. The first kappa shape index (κ1) is 15.3. The van der Waals surface area contributed by atoms with Crippen LogP contribution in [0.3, 0.4) is 0 Å². The maximum absolute atomic E-state index is 8.77. The number of anilines is 2. The molecule has 9 heteroatoms. The van der Waals surface area contributed by atoms with Crippen molar-refractivity contribution in [2.75, 3.05) is 36.0 Å². The summed E-state index contributed by atoms with van der Waals surface area (Å²) < 4.78 is 1.90. The lowest BCUT2D eigenvalue weighted by molar-refractivity contribution is 0.635. The highest BCUT2D eigenvalue weighted by molar-refractivity contribution is 5.83. The van der Waals surface area contributed by atoms with Gasteiger partial charge in [-0.25, -0.2) is 24.9 Å². The van der Waals surface area contributed by atoms with Gasteiger partial charge in [-0.15, -0.1) is 0 Å². The molecule has 4 rings (SSSR count). The molecule has 0 saturated carbocycles. The molecule has 3 aromatic rings. The minimum Gasteiger partial charge on any atom is -0.351 e. The van der Waals surface area contributed by atoms with Gasteiger partial charge in [0.2, 0.25) is 5.95 Å². The Hall–Kier alpha value is -3.28. The maximum atomic E-state index is 8.77. The van der Waals surface area contributed by atoms with E-state index in [0.717, 1.165) is 49.1 Å². The van der Waals surface area contributed by atoms with Crippen LogP contribution in [0.2, 0.25) is 0 Å². The molecule has 0 aliphatic carbocycles. The van der Waals surface area contributed by atoms with Crippen molar-refractivity contribution in [1.82, 2.24) is 29.5 Å². The van der Waals surface area contributed by atoms with Crippen molar-refractivity contribution in [3.8, 4) is 6.07 Å². The molecule has 0 unspecified atom stereocenters. The lowest BCUT2D eigenvalue weighted by Gasteiger charge is -2.35. The molecule has 1 aliphatic heterocycles. The van der Waals surface area contributed by atoms with Gasteiger partial charge in [0.25, 0.3) is 0 Å². The van der Waals surface area contributed by atoms with Crippen LogP contribution in [0.4, 0.5) is 11.8 Å². The number of imidazole rings is 1. The number of aryl methyl sites for hydroxylation is 1. The highest BCUT2D eigenvalue weighted by atomic mass is 15.3. The van der Waals surface area contributed by atoms with Crippen molar-refractivity contribution < 1.29 is 0 Å². The van der Waals surface area contributed by atoms with Gasteiger partial charge in [0.1, 0.15) is 6.33 Å². The Kier molecular flexibility index (Phi) is 4.08. The Morgan fingerprint density at radius 1 is 0.960 bits per heavy atom. The quantitative estimate of drug-likeness (QED) is 0.692. The molecule has 1 saturated heterocycles. The molecule has 0 N–H and O–H groups in total. The molecule has 0 spiro atoms. The van der Waals surface area contributed by atoms with Gasteiger partial charge in [0.15, 0.2) is 17.0 Å². The fourth-order valence-corrected chi connectivity index (χ4v) is 3.01. The van der Waals surface area contributed by atoms with E-state index in [1.807, 2.05) is 10.6 Å². The Bertz CT molecular complexity index is 891. The molecular weight excluding hydrogens is 318 g/mol. The Morgan fingerprint density at radius 3 is 2.48 bits per heavy atom. The largest absolute Gasteiger partial charge is 0.351 e. The molecule has 0 radical (unpaired) electrons. The molecule has 9 nitrogen and oxygen atoms in total. The van der Waals surface area contributed by atoms with Gasteiger partial charge in [-0.05, 0) is 6.07 Å². The SMILES string of the molecule is N#CCCn1cnc2c(N3CCN(c4ncccn4)CC3)ncnc21. The van der Waals surface area contributed by atoms with Crippen LogP contribution in [0.15, 0.2) is 31.1 Å². The second kappa shape index (κ2) is 6.68. The zero-order chi connectivity index (χ0) is 17.1. The molecular formula is C16H17N9. The van der Waals surface area contributed by atoms with Gasteiger partial charge >= 0.3 is 0 Å². The summed E-state index contributed by atoms with van der Waals surface area (Å²) >= 11 is 0. The van der Waals surface area contributed by atoms with Crippen molar-refractivity contribution in [2.45, 2.75) is 13.0 Å². The van der Waals surface area contributed by atoms with Crippen molar-refractivity contribution in [1.29, 1.82) is 5.26 Å². The predicted octanol–water partition coefficient (Wildman–Crippen LogP) is 0.857. The van der Waals surface area contributed by atoms with Crippen LogP contribution in [0.5, 0.6) is 0 Å². The minimum absolute atomic E-state index is 0.431. The fraction of sp³-hybridized carbons (Fsp3) is 0.375. The van der Waals surface area contributed by atoms with Crippen LogP contribution >= 0.6 is 0 Å². The van der Waals surface area contributed by atoms with E-state index in [1.165, 1.54) is 0 Å². The fourth-order valence-electron chi connectivity index (χ4n) is 3.01. The smallest absolute Gasteiger partial charge is 0.225 e. The zero-order valence-corrected chi connectivity index (χ0v) is 13.7. The van der Waals surface area contributed by atoms with Crippen LogP contribution in [-0.2, 0) is 6.54 Å². The monoisotopic (exact) mass is 335 g/mol. The van der Waals surface area contributed by atoms with E-state index in [0.29, 0.717) is 13.0 Å². The highest BCUT2D eigenvalue weighted by Crippen LogP contribution is 2.23. The molecule has 0 aromatic carbocycles. The molecule has 0 bridgehead atoms. The number of aromatic nitrogens is 6. The summed E-state index contributed by atoms with van der Waals surface area (Å²) in [5, 5.41) is 8.77. The zero-order valence-electron chi connectivity index (χ0n) is 13.7. The van der Waals surface area contributed by atoms with Crippen LogP contribution in [-0.4, -0.2) is 55.7 Å². The number of hydrogen-bond donors (Lipinski definition) is 0. The van der Waals surface area contributed by atoms with Crippen LogP contribution in [0.25, 0.3) is 11.2 Å². The third-order valence-corrected chi connectivity index (χ3v) is 4.26. The summed E-state index contributed by atoms with van der Waals surface area (Å²) in [4.78, 5) is 26.3. The summed E-state index contributed by atoms with van der Waals surface area (Å²) in [7, 11) is 0. The van der Waals surface area contributed by atoms with E-state index < -0.39 is 0 Å². The van der Waals surface area contributed by atoms with E-state index in [9.17, 15) is 0 Å². The standard InChI is InChI=1S/C16H17N9/c17-3-1-6-25-12-22-13-14(20-11-21-15(13)25)23-7-9-24(10-8-23)16-18-4-2-5-19-16/h2,4-5,11-12H,1,6-10H2. The summed E-state index contributed by atoms with van der Waals surface area (Å²) in [6, 6.07) is 3.97. The number of nitriles is 1. The number of nitrogens with zero attached hydrogens (tertiary/aromatic N) is 9. The molecule has 126 valence electrons. The van der Waals surface area contributed by atoms with Gasteiger partial charge in [0.05, 0.1) is 18.8 Å². The Morgan fingerprint density at radius 2 is 1.72 bits per heavy atom.